The summed E-state index contributed by atoms with van der Waals surface area (Å²) in [7, 11) is 2.19. The third kappa shape index (κ3) is 2.74. The largest absolute Gasteiger partial charge is 0.366 e. The van der Waals surface area contributed by atoms with Crippen molar-refractivity contribution in [3.63, 3.8) is 0 Å². The molecule has 5 heteroatoms. The molecule has 4 nitrogen and oxygen atoms in total. The van der Waals surface area contributed by atoms with E-state index >= 15 is 0 Å². The highest BCUT2D eigenvalue weighted by Gasteiger charge is 2.21. The van der Waals surface area contributed by atoms with E-state index in [1.807, 2.05) is 17.1 Å². The Bertz CT molecular complexity index is 578. The molecule has 2 heterocycles. The molecule has 20 heavy (non-hydrogen) atoms. The van der Waals surface area contributed by atoms with Gasteiger partial charge in [-0.3, -0.25) is 0 Å². The second-order valence-corrected chi connectivity index (χ2v) is 6.24. The van der Waals surface area contributed by atoms with Gasteiger partial charge in [-0.05, 0) is 54.2 Å². The molecule has 3 rings (SSSR count). The van der Waals surface area contributed by atoms with Gasteiger partial charge in [0.15, 0.2) is 0 Å². The molecular weight excluding hydrogens is 316 g/mol. The van der Waals surface area contributed by atoms with E-state index < -0.39 is 0 Å². The molecule has 0 spiro atoms. The number of imidazole rings is 1. The SMILES string of the molecule is C[C@@H]1CN(C)CCN1c1ccc(-n2cnc(Br)c2)cc1. The molecule has 1 aromatic heterocycles. The van der Waals surface area contributed by atoms with Crippen molar-refractivity contribution in [3.05, 3.63) is 41.4 Å². The number of nitrogens with zero attached hydrogens (tertiary/aromatic N) is 4. The Hall–Kier alpha value is -1.33. The fourth-order valence-corrected chi connectivity index (χ4v) is 3.09. The number of aromatic nitrogens is 2. The third-order valence-electron chi connectivity index (χ3n) is 3.86. The van der Waals surface area contributed by atoms with Crippen LogP contribution in [0, 0.1) is 0 Å². The third-order valence-corrected chi connectivity index (χ3v) is 4.27. The van der Waals surface area contributed by atoms with Crippen molar-refractivity contribution in [2.45, 2.75) is 13.0 Å². The maximum atomic E-state index is 4.19. The summed E-state index contributed by atoms with van der Waals surface area (Å²) >= 11 is 3.38. The van der Waals surface area contributed by atoms with Crippen molar-refractivity contribution in [2.75, 3.05) is 31.6 Å². The van der Waals surface area contributed by atoms with Gasteiger partial charge in [-0.1, -0.05) is 0 Å². The van der Waals surface area contributed by atoms with Crippen LogP contribution in [0.15, 0.2) is 41.4 Å². The number of hydrogen-bond acceptors (Lipinski definition) is 3. The predicted molar refractivity (Wildman–Crippen MR) is 85.6 cm³/mol. The first-order valence-corrected chi connectivity index (χ1v) is 7.68. The number of rotatable bonds is 2. The Morgan fingerprint density at radius 3 is 2.45 bits per heavy atom. The Labute approximate surface area is 128 Å². The Morgan fingerprint density at radius 2 is 1.85 bits per heavy atom. The number of likely N-dealkylation sites (N-methyl/N-ethyl adjacent to an activating group) is 1. The van der Waals surface area contributed by atoms with Crippen molar-refractivity contribution in [1.82, 2.24) is 14.5 Å². The maximum absolute atomic E-state index is 4.19. The summed E-state index contributed by atoms with van der Waals surface area (Å²) in [6, 6.07) is 9.25. The van der Waals surface area contributed by atoms with E-state index in [2.05, 4.69) is 69.0 Å². The molecular formula is C15H19BrN4. The van der Waals surface area contributed by atoms with Gasteiger partial charge in [-0.15, -0.1) is 0 Å². The lowest BCUT2D eigenvalue weighted by Crippen LogP contribution is -2.50. The zero-order valence-corrected chi connectivity index (χ0v) is 13.4. The number of piperazine rings is 1. The zero-order valence-electron chi connectivity index (χ0n) is 11.8. The van der Waals surface area contributed by atoms with Crippen LogP contribution in [0.25, 0.3) is 5.69 Å². The minimum absolute atomic E-state index is 0.557. The number of hydrogen-bond donors (Lipinski definition) is 0. The molecule has 0 N–H and O–H groups in total. The maximum Gasteiger partial charge on any atom is 0.124 e. The molecule has 1 atom stereocenters. The first kappa shape index (κ1) is 13.6. The van der Waals surface area contributed by atoms with Crippen molar-refractivity contribution in [2.24, 2.45) is 0 Å². The molecule has 1 fully saturated rings. The number of halogens is 1. The molecule has 0 saturated carbocycles. The summed E-state index contributed by atoms with van der Waals surface area (Å²) in [5.74, 6) is 0. The number of anilines is 1. The van der Waals surface area contributed by atoms with Crippen molar-refractivity contribution < 1.29 is 0 Å². The van der Waals surface area contributed by atoms with E-state index in [1.54, 1.807) is 0 Å². The molecule has 0 radical (unpaired) electrons. The van der Waals surface area contributed by atoms with Gasteiger partial charge in [0.2, 0.25) is 0 Å². The minimum atomic E-state index is 0.557. The summed E-state index contributed by atoms with van der Waals surface area (Å²) in [6.07, 6.45) is 3.78. The number of benzene rings is 1. The van der Waals surface area contributed by atoms with Gasteiger partial charge in [-0.2, -0.15) is 0 Å². The van der Waals surface area contributed by atoms with Crippen LogP contribution in [0.4, 0.5) is 5.69 Å². The standard InChI is InChI=1S/C15H19BrN4/c1-12-9-18(2)7-8-20(12)14-5-3-13(4-6-14)19-10-15(16)17-11-19/h3-6,10-12H,7-9H2,1-2H3/t12-/m1/s1. The van der Waals surface area contributed by atoms with Crippen LogP contribution in [0.3, 0.4) is 0 Å². The van der Waals surface area contributed by atoms with Crippen molar-refractivity contribution >= 4 is 21.6 Å². The minimum Gasteiger partial charge on any atom is -0.366 e. The lowest BCUT2D eigenvalue weighted by Gasteiger charge is -2.39. The highest BCUT2D eigenvalue weighted by molar-refractivity contribution is 9.10. The van der Waals surface area contributed by atoms with E-state index in [0.29, 0.717) is 6.04 Å². The van der Waals surface area contributed by atoms with Gasteiger partial charge < -0.3 is 14.4 Å². The zero-order chi connectivity index (χ0) is 14.1. The van der Waals surface area contributed by atoms with Crippen LogP contribution in [-0.4, -0.2) is 47.2 Å². The molecule has 0 aliphatic carbocycles. The lowest BCUT2D eigenvalue weighted by atomic mass is 10.1. The summed E-state index contributed by atoms with van der Waals surface area (Å²) in [5.41, 5.74) is 2.43. The lowest BCUT2D eigenvalue weighted by molar-refractivity contribution is 0.275. The average molecular weight is 335 g/mol. The summed E-state index contributed by atoms with van der Waals surface area (Å²) in [5, 5.41) is 0. The second-order valence-electron chi connectivity index (χ2n) is 5.42. The van der Waals surface area contributed by atoms with Gasteiger partial charge >= 0.3 is 0 Å². The smallest absolute Gasteiger partial charge is 0.124 e. The van der Waals surface area contributed by atoms with E-state index in [9.17, 15) is 0 Å². The fraction of sp³-hybridized carbons (Fsp3) is 0.400. The van der Waals surface area contributed by atoms with Crippen molar-refractivity contribution in [3.8, 4) is 5.69 Å². The van der Waals surface area contributed by atoms with Gasteiger partial charge in [0.1, 0.15) is 10.9 Å². The quantitative estimate of drug-likeness (QED) is 0.844. The second kappa shape index (κ2) is 5.58. The Morgan fingerprint density at radius 1 is 1.15 bits per heavy atom. The van der Waals surface area contributed by atoms with Crippen LogP contribution >= 0.6 is 15.9 Å². The molecule has 0 unspecified atom stereocenters. The van der Waals surface area contributed by atoms with E-state index in [1.165, 1.54) is 5.69 Å². The fourth-order valence-electron chi connectivity index (χ4n) is 2.78. The predicted octanol–water partition coefficient (Wildman–Crippen LogP) is 2.78. The van der Waals surface area contributed by atoms with Crippen LogP contribution in [-0.2, 0) is 0 Å². The average Bonchev–Trinajstić information content (AvgIpc) is 2.86. The Kier molecular flexibility index (Phi) is 3.81. The molecule has 106 valence electrons. The van der Waals surface area contributed by atoms with Crippen LogP contribution in [0.2, 0.25) is 0 Å². The topological polar surface area (TPSA) is 24.3 Å². The van der Waals surface area contributed by atoms with Crippen LogP contribution < -0.4 is 4.90 Å². The monoisotopic (exact) mass is 334 g/mol. The highest BCUT2D eigenvalue weighted by atomic mass is 79.9. The molecule has 1 saturated heterocycles. The molecule has 1 aliphatic rings. The molecule has 0 amide bonds. The van der Waals surface area contributed by atoms with Gasteiger partial charge in [0.25, 0.3) is 0 Å². The summed E-state index contributed by atoms with van der Waals surface area (Å²) < 4.78 is 2.87. The summed E-state index contributed by atoms with van der Waals surface area (Å²) in [4.78, 5) is 9.06. The molecule has 0 bridgehead atoms. The first-order valence-electron chi connectivity index (χ1n) is 6.88. The van der Waals surface area contributed by atoms with Gasteiger partial charge in [-0.25, -0.2) is 4.98 Å². The van der Waals surface area contributed by atoms with E-state index in [0.717, 1.165) is 29.9 Å². The van der Waals surface area contributed by atoms with E-state index in [4.69, 9.17) is 0 Å². The molecule has 1 aromatic carbocycles. The first-order chi connectivity index (χ1) is 9.63. The molecule has 1 aliphatic heterocycles. The molecule has 2 aromatic rings. The summed E-state index contributed by atoms with van der Waals surface area (Å²) in [6.45, 7) is 5.63. The van der Waals surface area contributed by atoms with E-state index in [-0.39, 0.29) is 0 Å². The highest BCUT2D eigenvalue weighted by Crippen LogP contribution is 2.22. The van der Waals surface area contributed by atoms with Crippen LogP contribution in [0.1, 0.15) is 6.92 Å². The Balaban J connectivity index is 1.79. The van der Waals surface area contributed by atoms with Crippen LogP contribution in [0.5, 0.6) is 0 Å². The van der Waals surface area contributed by atoms with Gasteiger partial charge in [0.05, 0.1) is 0 Å². The van der Waals surface area contributed by atoms with Crippen molar-refractivity contribution in [1.29, 1.82) is 0 Å². The normalized spacial score (nSPS) is 20.4. The van der Waals surface area contributed by atoms with Gasteiger partial charge in [0, 0.05) is 43.2 Å².